The Labute approximate surface area is 114 Å². The highest BCUT2D eigenvalue weighted by molar-refractivity contribution is 7.17. The summed E-state index contributed by atoms with van der Waals surface area (Å²) in [6.07, 6.45) is -4.85. The maximum atomic E-state index is 13.0. The monoisotopic (exact) mass is 305 g/mol. The first-order chi connectivity index (χ1) is 9.20. The van der Waals surface area contributed by atoms with E-state index in [4.69, 9.17) is 5.11 Å². The van der Waals surface area contributed by atoms with E-state index >= 15 is 0 Å². The first-order valence-electron chi connectivity index (χ1n) is 5.28. The van der Waals surface area contributed by atoms with Crippen LogP contribution in [-0.4, -0.2) is 16.1 Å². The Balaban J connectivity index is 2.62. The summed E-state index contributed by atoms with van der Waals surface area (Å²) in [5.41, 5.74) is -0.785. The minimum atomic E-state index is -4.85. The van der Waals surface area contributed by atoms with Crippen LogP contribution in [0.25, 0.3) is 10.6 Å². The molecule has 0 saturated carbocycles. The largest absolute Gasteiger partial charge is 0.477 e. The molecule has 1 heterocycles. The van der Waals surface area contributed by atoms with Crippen molar-refractivity contribution in [2.45, 2.75) is 13.1 Å². The molecule has 20 heavy (non-hydrogen) atoms. The van der Waals surface area contributed by atoms with E-state index < -0.39 is 28.5 Å². The Morgan fingerprint density at radius 3 is 2.45 bits per heavy atom. The number of hydrogen-bond acceptors (Lipinski definition) is 3. The third-order valence-corrected chi connectivity index (χ3v) is 3.59. The van der Waals surface area contributed by atoms with Gasteiger partial charge in [0.05, 0.1) is 0 Å². The molecular formula is C12H7F4NO2S. The fraction of sp³-hybridized carbons (Fsp3) is 0.167. The van der Waals surface area contributed by atoms with E-state index in [-0.39, 0.29) is 10.6 Å². The summed E-state index contributed by atoms with van der Waals surface area (Å²) in [5, 5.41) is 8.71. The summed E-state index contributed by atoms with van der Waals surface area (Å²) in [4.78, 5) is 13.3. The molecule has 0 radical (unpaired) electrons. The first-order valence-corrected chi connectivity index (χ1v) is 6.09. The van der Waals surface area contributed by atoms with Gasteiger partial charge in [-0.25, -0.2) is 14.2 Å². The third kappa shape index (κ3) is 2.64. The van der Waals surface area contributed by atoms with E-state index in [1.54, 1.807) is 0 Å². The summed E-state index contributed by atoms with van der Waals surface area (Å²) in [5.74, 6) is -2.22. The Morgan fingerprint density at radius 1 is 1.35 bits per heavy atom. The molecule has 0 bridgehead atoms. The number of aromatic carboxylic acids is 1. The fourth-order valence-corrected chi connectivity index (χ4v) is 2.65. The van der Waals surface area contributed by atoms with Crippen molar-refractivity contribution in [2.24, 2.45) is 0 Å². The van der Waals surface area contributed by atoms with Gasteiger partial charge in [0.1, 0.15) is 15.7 Å². The van der Waals surface area contributed by atoms with Gasteiger partial charge in [0.2, 0.25) is 0 Å². The number of aryl methyl sites for hydroxylation is 1. The number of hydrogen-bond donors (Lipinski definition) is 1. The summed E-state index contributed by atoms with van der Waals surface area (Å²) >= 11 is 0.414. The van der Waals surface area contributed by atoms with Gasteiger partial charge in [-0.2, -0.15) is 13.2 Å². The number of carbonyl (C=O) groups is 1. The van der Waals surface area contributed by atoms with E-state index in [2.05, 4.69) is 4.98 Å². The zero-order valence-electron chi connectivity index (χ0n) is 9.95. The number of rotatable bonds is 2. The van der Waals surface area contributed by atoms with Crippen molar-refractivity contribution in [3.05, 3.63) is 40.2 Å². The molecule has 0 spiro atoms. The number of halogens is 4. The van der Waals surface area contributed by atoms with Gasteiger partial charge in [0.15, 0.2) is 5.69 Å². The van der Waals surface area contributed by atoms with Crippen molar-refractivity contribution < 1.29 is 27.5 Å². The number of nitrogens with zero attached hydrogens (tertiary/aromatic N) is 1. The summed E-state index contributed by atoms with van der Waals surface area (Å²) in [6.45, 7) is 1.51. The number of benzene rings is 1. The maximum Gasteiger partial charge on any atom is 0.435 e. The van der Waals surface area contributed by atoms with Crippen LogP contribution in [0.15, 0.2) is 18.2 Å². The smallest absolute Gasteiger partial charge is 0.435 e. The Morgan fingerprint density at radius 2 is 2.00 bits per heavy atom. The highest BCUT2D eigenvalue weighted by Gasteiger charge is 2.39. The zero-order chi connectivity index (χ0) is 15.1. The van der Waals surface area contributed by atoms with Gasteiger partial charge >= 0.3 is 12.1 Å². The average molecular weight is 305 g/mol. The minimum absolute atomic E-state index is 0.104. The predicted molar refractivity (Wildman–Crippen MR) is 64.2 cm³/mol. The fourth-order valence-electron chi connectivity index (χ4n) is 1.64. The molecule has 8 heteroatoms. The molecule has 3 nitrogen and oxygen atoms in total. The summed E-state index contributed by atoms with van der Waals surface area (Å²) < 4.78 is 51.1. The summed E-state index contributed by atoms with van der Waals surface area (Å²) in [6, 6.07) is 3.50. The molecule has 0 saturated heterocycles. The molecule has 0 atom stereocenters. The van der Waals surface area contributed by atoms with Crippen LogP contribution in [0.5, 0.6) is 0 Å². The highest BCUT2D eigenvalue weighted by atomic mass is 32.1. The second-order valence-electron chi connectivity index (χ2n) is 3.96. The van der Waals surface area contributed by atoms with E-state index in [1.165, 1.54) is 13.0 Å². The topological polar surface area (TPSA) is 50.2 Å². The molecule has 0 aliphatic rings. The van der Waals surface area contributed by atoms with Crippen LogP contribution in [-0.2, 0) is 6.18 Å². The van der Waals surface area contributed by atoms with Crippen LogP contribution in [0, 0.1) is 12.7 Å². The number of alkyl halides is 3. The van der Waals surface area contributed by atoms with E-state index in [1.807, 2.05) is 0 Å². The molecule has 0 aliphatic heterocycles. The molecule has 2 aromatic rings. The first kappa shape index (κ1) is 14.4. The third-order valence-electron chi connectivity index (χ3n) is 2.51. The quantitative estimate of drug-likeness (QED) is 0.854. The normalized spacial score (nSPS) is 11.7. The molecule has 2 rings (SSSR count). The van der Waals surface area contributed by atoms with Crippen LogP contribution in [0.4, 0.5) is 17.6 Å². The average Bonchev–Trinajstić information content (AvgIpc) is 2.73. The molecule has 0 fully saturated rings. The second kappa shape index (κ2) is 4.86. The van der Waals surface area contributed by atoms with Gasteiger partial charge in [0.25, 0.3) is 0 Å². The van der Waals surface area contributed by atoms with E-state index in [0.717, 1.165) is 12.1 Å². The Hall–Kier alpha value is -1.96. The lowest BCUT2D eigenvalue weighted by Gasteiger charge is -2.03. The van der Waals surface area contributed by atoms with Crippen LogP contribution in [0.1, 0.15) is 20.9 Å². The molecule has 106 valence electrons. The predicted octanol–water partition coefficient (Wildman–Crippen LogP) is 3.97. The molecule has 1 N–H and O–H groups in total. The zero-order valence-corrected chi connectivity index (χ0v) is 10.8. The van der Waals surface area contributed by atoms with Gasteiger partial charge in [0, 0.05) is 5.56 Å². The maximum absolute atomic E-state index is 13.0. The molecule has 1 aromatic heterocycles. The minimum Gasteiger partial charge on any atom is -0.477 e. The number of thiazole rings is 1. The number of aromatic nitrogens is 1. The van der Waals surface area contributed by atoms with Gasteiger partial charge < -0.3 is 5.11 Å². The number of carboxylic acid groups (broad SMARTS) is 1. The lowest BCUT2D eigenvalue weighted by Crippen LogP contribution is -2.11. The van der Waals surface area contributed by atoms with Crippen molar-refractivity contribution in [1.82, 2.24) is 4.98 Å². The lowest BCUT2D eigenvalue weighted by molar-refractivity contribution is -0.141. The van der Waals surface area contributed by atoms with Crippen molar-refractivity contribution >= 4 is 17.3 Å². The van der Waals surface area contributed by atoms with E-state index in [9.17, 15) is 22.4 Å². The summed E-state index contributed by atoms with van der Waals surface area (Å²) in [7, 11) is 0. The van der Waals surface area contributed by atoms with Crippen LogP contribution < -0.4 is 0 Å². The molecule has 1 aromatic carbocycles. The molecule has 0 amide bonds. The van der Waals surface area contributed by atoms with E-state index in [0.29, 0.717) is 16.9 Å². The van der Waals surface area contributed by atoms with Crippen LogP contribution in [0.3, 0.4) is 0 Å². The van der Waals surface area contributed by atoms with Gasteiger partial charge in [-0.05, 0) is 30.7 Å². The molecule has 0 aliphatic carbocycles. The highest BCUT2D eigenvalue weighted by Crippen LogP contribution is 2.38. The Kier molecular flexibility index (Phi) is 3.51. The van der Waals surface area contributed by atoms with Crippen LogP contribution >= 0.6 is 11.3 Å². The van der Waals surface area contributed by atoms with Crippen molar-refractivity contribution in [1.29, 1.82) is 0 Å². The van der Waals surface area contributed by atoms with Crippen molar-refractivity contribution in [3.8, 4) is 10.6 Å². The molecular weight excluding hydrogens is 298 g/mol. The second-order valence-corrected chi connectivity index (χ2v) is 4.96. The van der Waals surface area contributed by atoms with Crippen molar-refractivity contribution in [2.75, 3.05) is 0 Å². The van der Waals surface area contributed by atoms with Gasteiger partial charge in [-0.3, -0.25) is 0 Å². The van der Waals surface area contributed by atoms with Crippen LogP contribution in [0.2, 0.25) is 0 Å². The lowest BCUT2D eigenvalue weighted by atomic mass is 10.1. The Bertz CT molecular complexity index is 679. The van der Waals surface area contributed by atoms with Gasteiger partial charge in [-0.15, -0.1) is 11.3 Å². The SMILES string of the molecule is Cc1cc(F)ccc1-c1nc(C(F)(F)F)c(C(=O)O)s1. The van der Waals surface area contributed by atoms with Crippen molar-refractivity contribution in [3.63, 3.8) is 0 Å². The van der Waals surface area contributed by atoms with Gasteiger partial charge in [-0.1, -0.05) is 0 Å². The number of carboxylic acids is 1. The molecule has 0 unspecified atom stereocenters. The standard InChI is InChI=1S/C12H7F4NO2S/c1-5-4-6(13)2-3-7(5)10-17-9(12(14,15)16)8(20-10)11(18)19/h2-4H,1H3,(H,18,19).